The molecule has 0 aliphatic heterocycles. The molecule has 16 heavy (non-hydrogen) atoms. The Morgan fingerprint density at radius 3 is 2.69 bits per heavy atom. The maximum atomic E-state index is 10.7. The standard InChI is InChI=1S/C12H11ClN2O/c1-8-3-4-10(7-16)5-12(8)15-6-11(13)9(2)14-15/h3-7H,1-2H3. The second-order valence-corrected chi connectivity index (χ2v) is 4.08. The number of benzene rings is 1. The minimum Gasteiger partial charge on any atom is -0.298 e. The van der Waals surface area contributed by atoms with Crippen LogP contribution in [0.4, 0.5) is 0 Å². The number of carbonyl (C=O) groups excluding carboxylic acids is 1. The van der Waals surface area contributed by atoms with E-state index >= 15 is 0 Å². The van der Waals surface area contributed by atoms with E-state index in [9.17, 15) is 4.79 Å². The van der Waals surface area contributed by atoms with Crippen molar-refractivity contribution in [3.05, 3.63) is 46.2 Å². The third-order valence-corrected chi connectivity index (χ3v) is 2.83. The molecule has 0 saturated carbocycles. The lowest BCUT2D eigenvalue weighted by molar-refractivity contribution is 0.112. The fraction of sp³-hybridized carbons (Fsp3) is 0.167. The fourth-order valence-electron chi connectivity index (χ4n) is 1.51. The lowest BCUT2D eigenvalue weighted by Gasteiger charge is -2.06. The van der Waals surface area contributed by atoms with Gasteiger partial charge >= 0.3 is 0 Å². The summed E-state index contributed by atoms with van der Waals surface area (Å²) in [6.07, 6.45) is 2.56. The van der Waals surface area contributed by atoms with Crippen LogP contribution in [0.15, 0.2) is 24.4 Å². The molecule has 0 fully saturated rings. The Labute approximate surface area is 98.7 Å². The third kappa shape index (κ3) is 1.86. The van der Waals surface area contributed by atoms with Gasteiger partial charge in [0.1, 0.15) is 6.29 Å². The Morgan fingerprint density at radius 2 is 2.12 bits per heavy atom. The molecule has 1 aromatic heterocycles. The van der Waals surface area contributed by atoms with Crippen molar-refractivity contribution in [2.75, 3.05) is 0 Å². The first kappa shape index (κ1) is 10.9. The predicted molar refractivity (Wildman–Crippen MR) is 63.4 cm³/mol. The normalized spacial score (nSPS) is 10.4. The fourth-order valence-corrected chi connectivity index (χ4v) is 1.64. The van der Waals surface area contributed by atoms with Gasteiger partial charge in [-0.1, -0.05) is 23.7 Å². The quantitative estimate of drug-likeness (QED) is 0.749. The summed E-state index contributed by atoms with van der Waals surface area (Å²) in [6.45, 7) is 3.81. The summed E-state index contributed by atoms with van der Waals surface area (Å²) in [5.41, 5.74) is 3.33. The molecule has 0 N–H and O–H groups in total. The molecule has 0 saturated heterocycles. The van der Waals surface area contributed by atoms with Gasteiger partial charge in [-0.15, -0.1) is 0 Å². The van der Waals surface area contributed by atoms with Crippen LogP contribution in [-0.2, 0) is 0 Å². The summed E-state index contributed by atoms with van der Waals surface area (Å²) in [6, 6.07) is 5.47. The number of aromatic nitrogens is 2. The highest BCUT2D eigenvalue weighted by Gasteiger charge is 2.07. The van der Waals surface area contributed by atoms with Crippen LogP contribution in [-0.4, -0.2) is 16.1 Å². The minimum atomic E-state index is 0.621. The summed E-state index contributed by atoms with van der Waals surface area (Å²) in [4.78, 5) is 10.7. The molecular formula is C12H11ClN2O. The molecule has 0 bridgehead atoms. The molecule has 0 unspecified atom stereocenters. The van der Waals surface area contributed by atoms with Crippen LogP contribution in [0.25, 0.3) is 5.69 Å². The van der Waals surface area contributed by atoms with E-state index in [1.165, 1.54) is 0 Å². The average molecular weight is 235 g/mol. The van der Waals surface area contributed by atoms with Crippen molar-refractivity contribution < 1.29 is 4.79 Å². The van der Waals surface area contributed by atoms with Gasteiger partial charge in [-0.2, -0.15) is 5.10 Å². The van der Waals surface area contributed by atoms with E-state index in [4.69, 9.17) is 11.6 Å². The smallest absolute Gasteiger partial charge is 0.150 e. The maximum absolute atomic E-state index is 10.7. The van der Waals surface area contributed by atoms with Crippen LogP contribution < -0.4 is 0 Å². The van der Waals surface area contributed by atoms with E-state index in [0.717, 1.165) is 23.2 Å². The molecule has 4 heteroatoms. The topological polar surface area (TPSA) is 34.9 Å². The van der Waals surface area contributed by atoms with Gasteiger partial charge in [0.15, 0.2) is 0 Å². The van der Waals surface area contributed by atoms with Gasteiger partial charge < -0.3 is 0 Å². The minimum absolute atomic E-state index is 0.621. The first-order chi connectivity index (χ1) is 7.61. The molecule has 2 aromatic rings. The van der Waals surface area contributed by atoms with Crippen molar-refractivity contribution in [2.24, 2.45) is 0 Å². The number of hydrogen-bond acceptors (Lipinski definition) is 2. The van der Waals surface area contributed by atoms with Crippen molar-refractivity contribution in [2.45, 2.75) is 13.8 Å². The molecule has 0 atom stereocenters. The van der Waals surface area contributed by atoms with Gasteiger partial charge in [-0.3, -0.25) is 4.79 Å². The van der Waals surface area contributed by atoms with Gasteiger partial charge in [0.25, 0.3) is 0 Å². The summed E-state index contributed by atoms with van der Waals surface area (Å²) < 4.78 is 1.69. The maximum Gasteiger partial charge on any atom is 0.150 e. The van der Waals surface area contributed by atoms with Gasteiger partial charge in [0.05, 0.1) is 16.4 Å². The van der Waals surface area contributed by atoms with Crippen molar-refractivity contribution in [3.8, 4) is 5.69 Å². The van der Waals surface area contributed by atoms with Crippen molar-refractivity contribution >= 4 is 17.9 Å². The summed E-state index contributed by atoms with van der Waals surface area (Å²) in [5, 5.41) is 4.91. The number of rotatable bonds is 2. The molecule has 0 radical (unpaired) electrons. The Bertz CT molecular complexity index is 526. The largest absolute Gasteiger partial charge is 0.298 e. The van der Waals surface area contributed by atoms with E-state index < -0.39 is 0 Å². The molecule has 0 spiro atoms. The number of carbonyl (C=O) groups is 1. The van der Waals surface area contributed by atoms with Crippen LogP contribution in [0.2, 0.25) is 5.02 Å². The Hall–Kier alpha value is -1.61. The predicted octanol–water partition coefficient (Wildman–Crippen LogP) is 2.96. The molecular weight excluding hydrogens is 224 g/mol. The highest BCUT2D eigenvalue weighted by Crippen LogP contribution is 2.19. The molecule has 0 amide bonds. The Kier molecular flexibility index (Phi) is 2.79. The second-order valence-electron chi connectivity index (χ2n) is 3.67. The van der Waals surface area contributed by atoms with E-state index in [1.807, 2.05) is 19.9 Å². The van der Waals surface area contributed by atoms with Crippen LogP contribution in [0.1, 0.15) is 21.6 Å². The van der Waals surface area contributed by atoms with Crippen LogP contribution in [0.3, 0.4) is 0 Å². The molecule has 3 nitrogen and oxygen atoms in total. The van der Waals surface area contributed by atoms with Crippen LogP contribution >= 0.6 is 11.6 Å². The van der Waals surface area contributed by atoms with Gasteiger partial charge in [0, 0.05) is 11.8 Å². The third-order valence-electron chi connectivity index (χ3n) is 2.46. The number of aldehydes is 1. The zero-order chi connectivity index (χ0) is 11.7. The summed E-state index contributed by atoms with van der Waals surface area (Å²) in [5.74, 6) is 0. The van der Waals surface area contributed by atoms with E-state index in [2.05, 4.69) is 5.10 Å². The summed E-state index contributed by atoms with van der Waals surface area (Å²) in [7, 11) is 0. The molecule has 2 rings (SSSR count). The van der Waals surface area contributed by atoms with Gasteiger partial charge in [0.2, 0.25) is 0 Å². The van der Waals surface area contributed by atoms with Crippen LogP contribution in [0.5, 0.6) is 0 Å². The van der Waals surface area contributed by atoms with E-state index in [-0.39, 0.29) is 0 Å². The second kappa shape index (κ2) is 4.10. The highest BCUT2D eigenvalue weighted by molar-refractivity contribution is 6.31. The molecule has 1 aromatic carbocycles. The number of aryl methyl sites for hydroxylation is 2. The zero-order valence-corrected chi connectivity index (χ0v) is 9.82. The SMILES string of the molecule is Cc1ccc(C=O)cc1-n1cc(Cl)c(C)n1. The first-order valence-electron chi connectivity index (χ1n) is 4.90. The van der Waals surface area contributed by atoms with Gasteiger partial charge in [-0.25, -0.2) is 4.68 Å². The highest BCUT2D eigenvalue weighted by atomic mass is 35.5. The number of hydrogen-bond donors (Lipinski definition) is 0. The number of nitrogens with zero attached hydrogens (tertiary/aromatic N) is 2. The molecule has 0 aliphatic carbocycles. The van der Waals surface area contributed by atoms with Gasteiger partial charge in [-0.05, 0) is 25.5 Å². The molecule has 1 heterocycles. The number of halogens is 1. The van der Waals surface area contributed by atoms with E-state index in [1.54, 1.807) is 23.0 Å². The Balaban J connectivity index is 2.58. The monoisotopic (exact) mass is 234 g/mol. The van der Waals surface area contributed by atoms with Crippen molar-refractivity contribution in [3.63, 3.8) is 0 Å². The Morgan fingerprint density at radius 1 is 1.38 bits per heavy atom. The lowest BCUT2D eigenvalue weighted by Crippen LogP contribution is -1.99. The van der Waals surface area contributed by atoms with E-state index in [0.29, 0.717) is 10.6 Å². The lowest BCUT2D eigenvalue weighted by atomic mass is 10.1. The molecule has 82 valence electrons. The average Bonchev–Trinajstić information content (AvgIpc) is 2.60. The first-order valence-corrected chi connectivity index (χ1v) is 5.27. The van der Waals surface area contributed by atoms with Crippen molar-refractivity contribution in [1.82, 2.24) is 9.78 Å². The van der Waals surface area contributed by atoms with Crippen molar-refractivity contribution in [1.29, 1.82) is 0 Å². The molecule has 0 aliphatic rings. The zero-order valence-electron chi connectivity index (χ0n) is 9.07. The summed E-state index contributed by atoms with van der Waals surface area (Å²) >= 11 is 5.95. The van der Waals surface area contributed by atoms with Crippen LogP contribution in [0, 0.1) is 13.8 Å².